The molecular weight excluding hydrogens is 761 g/mol. The number of hydrogen-bond acceptors (Lipinski definition) is 4. The summed E-state index contributed by atoms with van der Waals surface area (Å²) < 4.78 is 87.3. The van der Waals surface area contributed by atoms with Crippen LogP contribution in [0, 0.1) is 11.3 Å². The molecule has 0 aliphatic rings. The number of alkyl halides is 6. The van der Waals surface area contributed by atoms with Gasteiger partial charge >= 0.3 is 12.4 Å². The summed E-state index contributed by atoms with van der Waals surface area (Å²) in [5.74, 6) is 0.936. The van der Waals surface area contributed by atoms with Gasteiger partial charge in [0.2, 0.25) is 0 Å². The quantitative estimate of drug-likeness (QED) is 0.157. The molecule has 11 heteroatoms. The van der Waals surface area contributed by atoms with Crippen LogP contribution in [0.1, 0.15) is 16.7 Å². The van der Waals surface area contributed by atoms with Gasteiger partial charge in [0.1, 0.15) is 0 Å². The lowest BCUT2D eigenvalue weighted by atomic mass is 9.95. The topological polar surface area (TPSA) is 67.4 Å². The van der Waals surface area contributed by atoms with E-state index in [4.69, 9.17) is 15.0 Å². The Hall–Kier alpha value is -7.58. The molecule has 0 fully saturated rings. The zero-order valence-corrected chi connectivity index (χ0v) is 30.6. The molecule has 0 saturated carbocycles. The molecule has 9 rings (SSSR count). The summed E-state index contributed by atoms with van der Waals surface area (Å²) in [5.41, 5.74) is 2.52. The van der Waals surface area contributed by atoms with Gasteiger partial charge in [-0.3, -0.25) is 0 Å². The minimum Gasteiger partial charge on any atom is -0.308 e. The summed E-state index contributed by atoms with van der Waals surface area (Å²) in [7, 11) is 0. The number of rotatable bonds is 6. The van der Waals surface area contributed by atoms with Crippen molar-refractivity contribution in [1.29, 1.82) is 5.26 Å². The summed E-state index contributed by atoms with van der Waals surface area (Å²) in [4.78, 5) is 14.7. The highest BCUT2D eigenvalue weighted by atomic mass is 19.4. The average molecular weight is 788 g/mol. The fourth-order valence-corrected chi connectivity index (χ4v) is 7.36. The lowest BCUT2D eigenvalue weighted by Gasteiger charge is -2.19. The summed E-state index contributed by atoms with van der Waals surface area (Å²) in [6.07, 6.45) is -10.1. The Morgan fingerprint density at radius 3 is 1.63 bits per heavy atom. The lowest BCUT2D eigenvalue weighted by Crippen LogP contribution is -2.12. The zero-order valence-electron chi connectivity index (χ0n) is 30.6. The van der Waals surface area contributed by atoms with Gasteiger partial charge in [0.05, 0.1) is 39.5 Å². The summed E-state index contributed by atoms with van der Waals surface area (Å²) in [5, 5.41) is 11.1. The van der Waals surface area contributed by atoms with E-state index in [1.807, 2.05) is 120 Å². The van der Waals surface area contributed by atoms with E-state index < -0.39 is 29.0 Å². The van der Waals surface area contributed by atoms with Gasteiger partial charge in [-0.2, -0.15) is 31.6 Å². The summed E-state index contributed by atoms with van der Waals surface area (Å²) in [6.45, 7) is 0. The van der Waals surface area contributed by atoms with E-state index in [1.54, 1.807) is 24.3 Å². The lowest BCUT2D eigenvalue weighted by molar-refractivity contribution is -0.142. The number of para-hydroxylation sites is 1. The van der Waals surface area contributed by atoms with Crippen LogP contribution in [0.2, 0.25) is 0 Å². The highest BCUT2D eigenvalue weighted by Crippen LogP contribution is 2.44. The van der Waals surface area contributed by atoms with Crippen molar-refractivity contribution >= 4 is 21.8 Å². The van der Waals surface area contributed by atoms with Crippen LogP contribution in [0.3, 0.4) is 0 Å². The second kappa shape index (κ2) is 14.4. The number of hydrogen-bond donors (Lipinski definition) is 0. The van der Waals surface area contributed by atoms with Crippen molar-refractivity contribution in [3.8, 4) is 68.2 Å². The van der Waals surface area contributed by atoms with E-state index in [-0.39, 0.29) is 17.5 Å². The number of benzene rings is 7. The Morgan fingerprint density at radius 1 is 0.441 bits per heavy atom. The fourth-order valence-electron chi connectivity index (χ4n) is 7.36. The normalized spacial score (nSPS) is 11.9. The van der Waals surface area contributed by atoms with Crippen LogP contribution in [0.4, 0.5) is 26.3 Å². The second-order valence-electron chi connectivity index (χ2n) is 13.8. The smallest absolute Gasteiger partial charge is 0.308 e. The Labute approximate surface area is 333 Å². The van der Waals surface area contributed by atoms with E-state index >= 15 is 0 Å². The molecule has 0 aliphatic carbocycles. The monoisotopic (exact) mass is 787 g/mol. The Balaban J connectivity index is 1.37. The predicted octanol–water partition coefficient (Wildman–Crippen LogP) is 13.2. The zero-order chi connectivity index (χ0) is 40.9. The first-order chi connectivity index (χ1) is 28.5. The van der Waals surface area contributed by atoms with Crippen molar-refractivity contribution in [2.24, 2.45) is 0 Å². The fraction of sp³-hybridized carbons (Fsp3) is 0.0417. The molecule has 0 atom stereocenters. The first kappa shape index (κ1) is 37.0. The molecule has 5 nitrogen and oxygen atoms in total. The van der Waals surface area contributed by atoms with E-state index in [1.165, 1.54) is 6.07 Å². The van der Waals surface area contributed by atoms with Gasteiger partial charge in [0, 0.05) is 27.5 Å². The van der Waals surface area contributed by atoms with E-state index in [0.29, 0.717) is 56.7 Å². The molecule has 0 unspecified atom stereocenters. The van der Waals surface area contributed by atoms with Crippen molar-refractivity contribution < 1.29 is 26.3 Å². The molecule has 0 aliphatic heterocycles. The summed E-state index contributed by atoms with van der Waals surface area (Å²) >= 11 is 0. The SMILES string of the molecule is N#Cc1ccc(-c2ccc3c4ccccc4n(-c4cc(-c5ccc(C(F)(F)F)cc5C(F)(F)F)ccc4-c4nc(-c5ccccc5)nc(-c5ccccc5)n4)c3c2)cc1. The van der Waals surface area contributed by atoms with Crippen molar-refractivity contribution in [3.63, 3.8) is 0 Å². The van der Waals surface area contributed by atoms with Crippen LogP contribution in [-0.2, 0) is 12.4 Å². The minimum absolute atomic E-state index is 0.0274. The van der Waals surface area contributed by atoms with Crippen LogP contribution >= 0.6 is 0 Å². The van der Waals surface area contributed by atoms with Crippen molar-refractivity contribution in [1.82, 2.24) is 19.5 Å². The van der Waals surface area contributed by atoms with Crippen LogP contribution in [0.25, 0.3) is 83.9 Å². The van der Waals surface area contributed by atoms with Gasteiger partial charge in [-0.25, -0.2) is 15.0 Å². The largest absolute Gasteiger partial charge is 0.417 e. The first-order valence-corrected chi connectivity index (χ1v) is 18.3. The Kier molecular flexibility index (Phi) is 9.05. The van der Waals surface area contributed by atoms with Crippen LogP contribution in [0.15, 0.2) is 164 Å². The highest BCUT2D eigenvalue weighted by Gasteiger charge is 2.38. The Morgan fingerprint density at radius 2 is 1.00 bits per heavy atom. The minimum atomic E-state index is -5.11. The molecule has 9 aromatic rings. The number of nitrogens with zero attached hydrogens (tertiary/aromatic N) is 5. The van der Waals surface area contributed by atoms with Crippen molar-refractivity contribution in [2.45, 2.75) is 12.4 Å². The predicted molar refractivity (Wildman–Crippen MR) is 216 cm³/mol. The molecule has 0 amide bonds. The molecule has 0 spiro atoms. The third-order valence-corrected chi connectivity index (χ3v) is 10.2. The van der Waals surface area contributed by atoms with Crippen molar-refractivity contribution in [2.75, 3.05) is 0 Å². The maximum absolute atomic E-state index is 14.7. The van der Waals surface area contributed by atoms with Gasteiger partial charge in [-0.05, 0) is 70.8 Å². The van der Waals surface area contributed by atoms with E-state index in [2.05, 4.69) is 6.07 Å². The van der Waals surface area contributed by atoms with Gasteiger partial charge < -0.3 is 4.57 Å². The standard InChI is InChI=1S/C48H27F6N5/c49-47(50,51)35-21-24-36(40(27-35)48(52,53)54)34-20-23-39(46-57-44(31-9-3-1-4-10-31)56-45(58-46)32-11-5-2-6-12-32)43(26-34)59-41-14-8-7-13-37(41)38-22-19-33(25-42(38)59)30-17-15-29(28-55)16-18-30/h1-27H. The van der Waals surface area contributed by atoms with Gasteiger partial charge in [0.15, 0.2) is 17.5 Å². The molecule has 0 radical (unpaired) electrons. The molecule has 0 bridgehead atoms. The highest BCUT2D eigenvalue weighted by molar-refractivity contribution is 6.10. The molecular formula is C48H27F6N5. The van der Waals surface area contributed by atoms with Crippen LogP contribution in [-0.4, -0.2) is 19.5 Å². The second-order valence-corrected chi connectivity index (χ2v) is 13.8. The van der Waals surface area contributed by atoms with Gasteiger partial charge in [-0.15, -0.1) is 0 Å². The van der Waals surface area contributed by atoms with Gasteiger partial charge in [-0.1, -0.05) is 115 Å². The number of halogens is 6. The molecule has 2 aromatic heterocycles. The third-order valence-electron chi connectivity index (χ3n) is 10.2. The molecule has 59 heavy (non-hydrogen) atoms. The van der Waals surface area contributed by atoms with Gasteiger partial charge in [0.25, 0.3) is 0 Å². The molecule has 286 valence electrons. The maximum Gasteiger partial charge on any atom is 0.417 e. The Bertz CT molecular complexity index is 3020. The van der Waals surface area contributed by atoms with E-state index in [0.717, 1.165) is 28.0 Å². The van der Waals surface area contributed by atoms with Crippen molar-refractivity contribution in [3.05, 3.63) is 180 Å². The van der Waals surface area contributed by atoms with Crippen LogP contribution in [0.5, 0.6) is 0 Å². The molecule has 2 heterocycles. The molecule has 7 aromatic carbocycles. The van der Waals surface area contributed by atoms with Crippen LogP contribution < -0.4 is 0 Å². The summed E-state index contributed by atoms with van der Waals surface area (Å²) in [6, 6.07) is 47.6. The first-order valence-electron chi connectivity index (χ1n) is 18.3. The molecule has 0 N–H and O–H groups in total. The number of aromatic nitrogens is 4. The average Bonchev–Trinajstić information content (AvgIpc) is 3.59. The number of fused-ring (bicyclic) bond motifs is 3. The van der Waals surface area contributed by atoms with E-state index in [9.17, 15) is 31.6 Å². The molecule has 0 saturated heterocycles. The number of nitriles is 1. The maximum atomic E-state index is 14.7. The third kappa shape index (κ3) is 6.95.